The van der Waals surface area contributed by atoms with E-state index in [-0.39, 0.29) is 35.9 Å². The Morgan fingerprint density at radius 1 is 0.694 bits per heavy atom. The van der Waals surface area contributed by atoms with Crippen LogP contribution in [0.15, 0.2) is 90.5 Å². The molecule has 0 aliphatic heterocycles. The largest absolute Gasteiger partial charge is 0.489 e. The monoisotopic (exact) mass is 680 g/mol. The highest BCUT2D eigenvalue weighted by Crippen LogP contribution is 2.42. The first-order valence-corrected chi connectivity index (χ1v) is 16.9. The number of hydrogen-bond donors (Lipinski definition) is 1. The quantitative estimate of drug-likeness (QED) is 0.0857. The molecule has 0 atom stereocenters. The van der Waals surface area contributed by atoms with E-state index in [1.165, 1.54) is 0 Å². The van der Waals surface area contributed by atoms with Gasteiger partial charge in [-0.2, -0.15) is 8.75 Å². The first kappa shape index (κ1) is 35.1. The number of carboxylic acids is 1. The van der Waals surface area contributed by atoms with E-state index in [9.17, 15) is 14.7 Å². The molecule has 5 aromatic rings. The molecule has 5 rings (SSSR count). The number of carbonyl (C=O) groups excluding carboxylic acids is 1. The normalized spacial score (nSPS) is 11.9. The summed E-state index contributed by atoms with van der Waals surface area (Å²) >= 11 is 1.04. The fourth-order valence-corrected chi connectivity index (χ4v) is 5.75. The first-order valence-electron chi connectivity index (χ1n) is 16.2. The lowest BCUT2D eigenvalue weighted by molar-refractivity contribution is -0.130. The number of benzene rings is 4. The number of hydrogen-bond acceptors (Lipinski definition) is 9. The topological polar surface area (TPSA) is 117 Å². The Morgan fingerprint density at radius 2 is 1.29 bits per heavy atom. The molecule has 254 valence electrons. The number of carbonyl (C=O) groups is 2. The van der Waals surface area contributed by atoms with Gasteiger partial charge in [-0.3, -0.25) is 4.79 Å². The van der Waals surface area contributed by atoms with Crippen LogP contribution in [0, 0.1) is 0 Å². The molecular weight excluding hydrogens is 641 g/mol. The van der Waals surface area contributed by atoms with Crippen molar-refractivity contribution < 1.29 is 33.6 Å². The van der Waals surface area contributed by atoms with E-state index in [2.05, 4.69) is 8.75 Å². The maximum Gasteiger partial charge on any atom is 0.336 e. The van der Waals surface area contributed by atoms with E-state index in [1.54, 1.807) is 54.6 Å². The molecule has 0 aliphatic carbocycles. The van der Waals surface area contributed by atoms with Gasteiger partial charge in [0.25, 0.3) is 0 Å². The SMILES string of the molecule is CC(C)Oc1cc(C/C(C(=O)c2ccc(OCc3ccccc3)cc2)=C(\C(=O)O)c2ccc3nsnc3c2)cc(OC(C)C)c1OC(C)C. The highest BCUT2D eigenvalue weighted by molar-refractivity contribution is 7.00. The van der Waals surface area contributed by atoms with Crippen LogP contribution in [0.3, 0.4) is 0 Å². The lowest BCUT2D eigenvalue weighted by Gasteiger charge is -2.23. The van der Waals surface area contributed by atoms with Gasteiger partial charge in [-0.25, -0.2) is 4.79 Å². The zero-order chi connectivity index (χ0) is 35.1. The van der Waals surface area contributed by atoms with Gasteiger partial charge < -0.3 is 24.1 Å². The minimum Gasteiger partial charge on any atom is -0.489 e. The number of nitrogens with zero attached hydrogens (tertiary/aromatic N) is 2. The molecule has 0 amide bonds. The molecule has 1 aromatic heterocycles. The number of ketones is 1. The third-order valence-electron chi connectivity index (χ3n) is 7.24. The number of ether oxygens (including phenoxy) is 4. The van der Waals surface area contributed by atoms with Crippen LogP contribution >= 0.6 is 11.7 Å². The van der Waals surface area contributed by atoms with E-state index in [1.807, 2.05) is 71.9 Å². The molecule has 0 aliphatic rings. The molecule has 0 radical (unpaired) electrons. The number of allylic oxidation sites excluding steroid dienone is 1. The van der Waals surface area contributed by atoms with E-state index in [0.717, 1.165) is 17.3 Å². The van der Waals surface area contributed by atoms with Crippen LogP contribution in [0.2, 0.25) is 0 Å². The number of Topliss-reactive ketones (excluding diaryl/α,β-unsaturated/α-hetero) is 1. The van der Waals surface area contributed by atoms with Crippen LogP contribution in [-0.2, 0) is 17.8 Å². The molecule has 0 spiro atoms. The summed E-state index contributed by atoms with van der Waals surface area (Å²) in [5.74, 6) is 0.224. The second-order valence-electron chi connectivity index (χ2n) is 12.4. The van der Waals surface area contributed by atoms with Gasteiger partial charge in [0.05, 0.1) is 35.6 Å². The summed E-state index contributed by atoms with van der Waals surface area (Å²) in [6, 6.07) is 25.1. The average molecular weight is 681 g/mol. The Bertz CT molecular complexity index is 1920. The molecule has 0 bridgehead atoms. The Hall–Kier alpha value is -5.22. The van der Waals surface area contributed by atoms with E-state index >= 15 is 0 Å². The van der Waals surface area contributed by atoms with E-state index < -0.39 is 11.8 Å². The fourth-order valence-electron chi connectivity index (χ4n) is 5.24. The van der Waals surface area contributed by atoms with Gasteiger partial charge in [-0.1, -0.05) is 36.4 Å². The fraction of sp³-hybridized carbons (Fsp3) is 0.282. The molecule has 4 aromatic carbocycles. The van der Waals surface area contributed by atoms with Crippen LogP contribution in [0.4, 0.5) is 0 Å². The number of aliphatic carboxylic acids is 1. The summed E-state index contributed by atoms with van der Waals surface area (Å²) in [5, 5.41) is 10.7. The Morgan fingerprint density at radius 3 is 1.88 bits per heavy atom. The van der Waals surface area contributed by atoms with Crippen molar-refractivity contribution in [3.8, 4) is 23.0 Å². The third kappa shape index (κ3) is 9.03. The van der Waals surface area contributed by atoms with Gasteiger partial charge in [0.2, 0.25) is 5.75 Å². The number of rotatable bonds is 15. The second-order valence-corrected chi connectivity index (χ2v) is 12.9. The van der Waals surface area contributed by atoms with Crippen molar-refractivity contribution in [3.05, 3.63) is 113 Å². The summed E-state index contributed by atoms with van der Waals surface area (Å²) in [6.07, 6.45) is -0.585. The van der Waals surface area contributed by atoms with Crippen LogP contribution < -0.4 is 18.9 Å². The maximum absolute atomic E-state index is 14.4. The lowest BCUT2D eigenvalue weighted by atomic mass is 9.89. The number of fused-ring (bicyclic) bond motifs is 1. The molecule has 9 nitrogen and oxygen atoms in total. The summed E-state index contributed by atoms with van der Waals surface area (Å²) in [5.41, 5.74) is 3.42. The van der Waals surface area contributed by atoms with Crippen LogP contribution in [0.5, 0.6) is 23.0 Å². The van der Waals surface area contributed by atoms with Crippen molar-refractivity contribution in [1.82, 2.24) is 8.75 Å². The zero-order valence-corrected chi connectivity index (χ0v) is 29.2. The van der Waals surface area contributed by atoms with Crippen LogP contribution in [0.1, 0.15) is 68.6 Å². The lowest BCUT2D eigenvalue weighted by Crippen LogP contribution is -2.16. The molecule has 0 unspecified atom stereocenters. The summed E-state index contributed by atoms with van der Waals surface area (Å²) in [7, 11) is 0. The molecule has 49 heavy (non-hydrogen) atoms. The van der Waals surface area contributed by atoms with Gasteiger partial charge in [0.15, 0.2) is 17.3 Å². The molecule has 0 saturated heterocycles. The number of carboxylic acid groups (broad SMARTS) is 1. The maximum atomic E-state index is 14.4. The molecule has 10 heteroatoms. The van der Waals surface area contributed by atoms with Crippen molar-refractivity contribution in [2.45, 2.75) is 72.9 Å². The van der Waals surface area contributed by atoms with Crippen molar-refractivity contribution >= 4 is 40.1 Å². The second kappa shape index (κ2) is 15.8. The van der Waals surface area contributed by atoms with Crippen molar-refractivity contribution in [1.29, 1.82) is 0 Å². The molecule has 1 N–H and O–H groups in total. The average Bonchev–Trinajstić information content (AvgIpc) is 3.53. The molecule has 0 saturated carbocycles. The predicted octanol–water partition coefficient (Wildman–Crippen LogP) is 8.60. The minimum atomic E-state index is -1.24. The van der Waals surface area contributed by atoms with E-state index in [4.69, 9.17) is 18.9 Å². The van der Waals surface area contributed by atoms with Gasteiger partial charge in [0, 0.05) is 17.6 Å². The Labute approximate surface area is 290 Å². The van der Waals surface area contributed by atoms with Crippen molar-refractivity contribution in [2.24, 2.45) is 0 Å². The highest BCUT2D eigenvalue weighted by Gasteiger charge is 2.26. The Kier molecular flexibility index (Phi) is 11.3. The van der Waals surface area contributed by atoms with Gasteiger partial charge in [0.1, 0.15) is 23.4 Å². The van der Waals surface area contributed by atoms with Gasteiger partial charge in [-0.05, 0) is 107 Å². The predicted molar refractivity (Wildman–Crippen MR) is 191 cm³/mol. The van der Waals surface area contributed by atoms with Crippen LogP contribution in [-0.4, -0.2) is 43.9 Å². The van der Waals surface area contributed by atoms with Gasteiger partial charge in [-0.15, -0.1) is 0 Å². The third-order valence-corrected chi connectivity index (χ3v) is 7.79. The van der Waals surface area contributed by atoms with E-state index in [0.29, 0.717) is 57.3 Å². The standard InChI is InChI=1S/C39H40N2O7S/c1-23(2)46-34-19-27(20-35(47-24(3)4)38(34)48-25(5)6)18-31(36(39(43)44)29-14-17-32-33(21-29)41-49-40-32)37(42)28-12-15-30(16-13-28)45-22-26-10-8-7-9-11-26/h7-17,19-21,23-25H,18,22H2,1-6H3,(H,43,44)/b36-31+. The first-order chi connectivity index (χ1) is 23.5. The molecule has 1 heterocycles. The van der Waals surface area contributed by atoms with Crippen molar-refractivity contribution in [3.63, 3.8) is 0 Å². The highest BCUT2D eigenvalue weighted by atomic mass is 32.1. The summed E-state index contributed by atoms with van der Waals surface area (Å²) in [6.45, 7) is 11.8. The zero-order valence-electron chi connectivity index (χ0n) is 28.4. The Balaban J connectivity index is 1.61. The summed E-state index contributed by atoms with van der Waals surface area (Å²) in [4.78, 5) is 27.5. The smallest absolute Gasteiger partial charge is 0.336 e. The number of aromatic nitrogens is 2. The molecular formula is C39H40N2O7S. The van der Waals surface area contributed by atoms with Crippen LogP contribution in [0.25, 0.3) is 16.6 Å². The van der Waals surface area contributed by atoms with Gasteiger partial charge >= 0.3 is 5.97 Å². The minimum absolute atomic E-state index is 0.0368. The van der Waals surface area contributed by atoms with Crippen molar-refractivity contribution in [2.75, 3.05) is 0 Å². The summed E-state index contributed by atoms with van der Waals surface area (Å²) < 4.78 is 33.0. The molecule has 0 fully saturated rings.